The SMILES string of the molecule is CNCC1CCCC(CNC(C)C)C1. The molecule has 0 amide bonds. The van der Waals surface area contributed by atoms with Crippen LogP contribution < -0.4 is 10.6 Å². The highest BCUT2D eigenvalue weighted by Gasteiger charge is 2.21. The summed E-state index contributed by atoms with van der Waals surface area (Å²) in [6, 6.07) is 0.639. The Morgan fingerprint density at radius 3 is 2.36 bits per heavy atom. The van der Waals surface area contributed by atoms with E-state index in [1.165, 1.54) is 38.8 Å². The van der Waals surface area contributed by atoms with E-state index in [2.05, 4.69) is 31.5 Å². The molecule has 1 rings (SSSR count). The molecule has 0 aromatic rings. The summed E-state index contributed by atoms with van der Waals surface area (Å²) >= 11 is 0. The predicted octanol–water partition coefficient (Wildman–Crippen LogP) is 2.01. The van der Waals surface area contributed by atoms with Gasteiger partial charge in [0.2, 0.25) is 0 Å². The van der Waals surface area contributed by atoms with Crippen molar-refractivity contribution in [2.45, 2.75) is 45.6 Å². The number of nitrogens with one attached hydrogen (secondary N) is 2. The van der Waals surface area contributed by atoms with Gasteiger partial charge in [-0.25, -0.2) is 0 Å². The van der Waals surface area contributed by atoms with Gasteiger partial charge in [-0.3, -0.25) is 0 Å². The monoisotopic (exact) mass is 198 g/mol. The molecule has 2 atom stereocenters. The minimum atomic E-state index is 0.639. The first-order valence-corrected chi connectivity index (χ1v) is 6.10. The van der Waals surface area contributed by atoms with Crippen LogP contribution >= 0.6 is 0 Å². The van der Waals surface area contributed by atoms with Gasteiger partial charge in [0.25, 0.3) is 0 Å². The molecule has 0 radical (unpaired) electrons. The zero-order chi connectivity index (χ0) is 10.4. The van der Waals surface area contributed by atoms with Crippen molar-refractivity contribution in [2.75, 3.05) is 20.1 Å². The summed E-state index contributed by atoms with van der Waals surface area (Å²) in [4.78, 5) is 0. The molecule has 0 spiro atoms. The Balaban J connectivity index is 2.18. The maximum Gasteiger partial charge on any atom is 0.00104 e. The normalized spacial score (nSPS) is 28.3. The van der Waals surface area contributed by atoms with E-state index in [0.717, 1.165) is 11.8 Å². The van der Waals surface area contributed by atoms with Gasteiger partial charge < -0.3 is 10.6 Å². The third kappa shape index (κ3) is 4.43. The molecule has 0 aromatic heterocycles. The Hall–Kier alpha value is -0.0800. The van der Waals surface area contributed by atoms with Crippen LogP contribution in [0.3, 0.4) is 0 Å². The smallest absolute Gasteiger partial charge is 0.00104 e. The maximum absolute atomic E-state index is 3.56. The van der Waals surface area contributed by atoms with Crippen molar-refractivity contribution in [3.05, 3.63) is 0 Å². The average molecular weight is 198 g/mol. The fourth-order valence-electron chi connectivity index (χ4n) is 2.46. The van der Waals surface area contributed by atoms with Crippen molar-refractivity contribution in [3.63, 3.8) is 0 Å². The van der Waals surface area contributed by atoms with E-state index in [1.807, 2.05) is 0 Å². The van der Waals surface area contributed by atoms with E-state index in [0.29, 0.717) is 6.04 Å². The Kier molecular flexibility index (Phi) is 5.49. The number of rotatable bonds is 5. The van der Waals surface area contributed by atoms with E-state index in [1.54, 1.807) is 0 Å². The summed E-state index contributed by atoms with van der Waals surface area (Å²) in [7, 11) is 2.07. The van der Waals surface area contributed by atoms with E-state index >= 15 is 0 Å². The van der Waals surface area contributed by atoms with Gasteiger partial charge in [-0.05, 0) is 51.2 Å². The molecule has 1 saturated carbocycles. The Morgan fingerprint density at radius 1 is 1.14 bits per heavy atom. The van der Waals surface area contributed by atoms with Crippen molar-refractivity contribution >= 4 is 0 Å². The summed E-state index contributed by atoms with van der Waals surface area (Å²) < 4.78 is 0. The van der Waals surface area contributed by atoms with Crippen LogP contribution in [0.15, 0.2) is 0 Å². The van der Waals surface area contributed by atoms with Crippen LogP contribution in [-0.4, -0.2) is 26.2 Å². The number of hydrogen-bond donors (Lipinski definition) is 2. The molecular formula is C12H26N2. The van der Waals surface area contributed by atoms with Crippen LogP contribution in [0, 0.1) is 11.8 Å². The van der Waals surface area contributed by atoms with Gasteiger partial charge in [0.05, 0.1) is 0 Å². The molecule has 0 saturated heterocycles. The Morgan fingerprint density at radius 2 is 1.79 bits per heavy atom. The Bertz CT molecular complexity index is 143. The van der Waals surface area contributed by atoms with Gasteiger partial charge in [-0.15, -0.1) is 0 Å². The third-order valence-electron chi connectivity index (χ3n) is 3.20. The van der Waals surface area contributed by atoms with Gasteiger partial charge in [0.15, 0.2) is 0 Å². The third-order valence-corrected chi connectivity index (χ3v) is 3.20. The van der Waals surface area contributed by atoms with Crippen molar-refractivity contribution in [1.82, 2.24) is 10.6 Å². The summed E-state index contributed by atoms with van der Waals surface area (Å²) in [6.07, 6.45) is 5.70. The zero-order valence-corrected chi connectivity index (χ0v) is 9.97. The molecule has 2 heteroatoms. The molecule has 14 heavy (non-hydrogen) atoms. The molecule has 0 bridgehead atoms. The molecule has 1 aliphatic carbocycles. The van der Waals surface area contributed by atoms with Crippen LogP contribution in [0.25, 0.3) is 0 Å². The quantitative estimate of drug-likeness (QED) is 0.706. The summed E-state index contributed by atoms with van der Waals surface area (Å²) in [5.41, 5.74) is 0. The molecule has 0 aromatic carbocycles. The van der Waals surface area contributed by atoms with Crippen LogP contribution in [0.5, 0.6) is 0 Å². The second-order valence-electron chi connectivity index (χ2n) is 5.02. The minimum absolute atomic E-state index is 0.639. The molecule has 2 unspecified atom stereocenters. The predicted molar refractivity (Wildman–Crippen MR) is 62.5 cm³/mol. The fraction of sp³-hybridized carbons (Fsp3) is 1.00. The molecular weight excluding hydrogens is 172 g/mol. The van der Waals surface area contributed by atoms with Gasteiger partial charge in [0.1, 0.15) is 0 Å². The lowest BCUT2D eigenvalue weighted by molar-refractivity contribution is 0.252. The Labute approximate surface area is 88.8 Å². The van der Waals surface area contributed by atoms with Crippen molar-refractivity contribution < 1.29 is 0 Å². The first kappa shape index (κ1) is 12.0. The van der Waals surface area contributed by atoms with Crippen LogP contribution in [-0.2, 0) is 0 Å². The lowest BCUT2D eigenvalue weighted by Gasteiger charge is -2.29. The lowest BCUT2D eigenvalue weighted by atomic mass is 9.81. The van der Waals surface area contributed by atoms with E-state index in [-0.39, 0.29) is 0 Å². The zero-order valence-electron chi connectivity index (χ0n) is 9.97. The van der Waals surface area contributed by atoms with E-state index in [4.69, 9.17) is 0 Å². The van der Waals surface area contributed by atoms with Gasteiger partial charge in [-0.1, -0.05) is 20.3 Å². The molecule has 1 fully saturated rings. The largest absolute Gasteiger partial charge is 0.319 e. The molecule has 1 aliphatic rings. The first-order valence-electron chi connectivity index (χ1n) is 6.10. The molecule has 2 nitrogen and oxygen atoms in total. The second-order valence-corrected chi connectivity index (χ2v) is 5.02. The lowest BCUT2D eigenvalue weighted by Crippen LogP contribution is -2.33. The van der Waals surface area contributed by atoms with Crippen molar-refractivity contribution in [2.24, 2.45) is 11.8 Å². The van der Waals surface area contributed by atoms with Gasteiger partial charge >= 0.3 is 0 Å². The summed E-state index contributed by atoms with van der Waals surface area (Å²) in [5.74, 6) is 1.84. The molecule has 0 aliphatic heterocycles. The number of hydrogen-bond acceptors (Lipinski definition) is 2. The molecule has 0 heterocycles. The first-order chi connectivity index (χ1) is 6.72. The second kappa shape index (κ2) is 6.41. The van der Waals surface area contributed by atoms with Crippen LogP contribution in [0.2, 0.25) is 0 Å². The average Bonchev–Trinajstić information content (AvgIpc) is 2.16. The highest BCUT2D eigenvalue weighted by atomic mass is 14.9. The fourth-order valence-corrected chi connectivity index (χ4v) is 2.46. The van der Waals surface area contributed by atoms with Crippen molar-refractivity contribution in [3.8, 4) is 0 Å². The van der Waals surface area contributed by atoms with E-state index < -0.39 is 0 Å². The highest BCUT2D eigenvalue weighted by molar-refractivity contribution is 4.76. The van der Waals surface area contributed by atoms with Gasteiger partial charge in [0, 0.05) is 6.04 Å². The van der Waals surface area contributed by atoms with Crippen LogP contribution in [0.1, 0.15) is 39.5 Å². The highest BCUT2D eigenvalue weighted by Crippen LogP contribution is 2.28. The summed E-state index contributed by atoms with van der Waals surface area (Å²) in [5, 5.41) is 6.86. The van der Waals surface area contributed by atoms with Crippen LogP contribution in [0.4, 0.5) is 0 Å². The minimum Gasteiger partial charge on any atom is -0.319 e. The van der Waals surface area contributed by atoms with Gasteiger partial charge in [-0.2, -0.15) is 0 Å². The van der Waals surface area contributed by atoms with Crippen molar-refractivity contribution in [1.29, 1.82) is 0 Å². The molecule has 84 valence electrons. The maximum atomic E-state index is 3.56. The standard InChI is InChI=1S/C12H26N2/c1-10(2)14-9-12-6-4-5-11(7-12)8-13-3/h10-14H,4-9H2,1-3H3. The van der Waals surface area contributed by atoms with E-state index in [9.17, 15) is 0 Å². The summed E-state index contributed by atoms with van der Waals surface area (Å²) in [6.45, 7) is 6.89. The topological polar surface area (TPSA) is 24.1 Å². The molecule has 2 N–H and O–H groups in total.